The maximum absolute atomic E-state index is 5.99. The highest BCUT2D eigenvalue weighted by molar-refractivity contribution is 6.28. The van der Waals surface area contributed by atoms with Gasteiger partial charge in [0.1, 0.15) is 0 Å². The van der Waals surface area contributed by atoms with Crippen molar-refractivity contribution in [2.45, 2.75) is 51.7 Å². The molecule has 0 bridgehead atoms. The van der Waals surface area contributed by atoms with Crippen molar-refractivity contribution in [3.63, 3.8) is 0 Å². The van der Waals surface area contributed by atoms with Crippen LogP contribution >= 0.6 is 11.6 Å². The second-order valence-corrected chi connectivity index (χ2v) is 6.02. The molecular weight excluding hydrogens is 264 g/mol. The zero-order chi connectivity index (χ0) is 13.4. The van der Waals surface area contributed by atoms with Gasteiger partial charge in [0.25, 0.3) is 0 Å². The Hall–Kier alpha value is -1.10. The summed E-state index contributed by atoms with van der Waals surface area (Å²) >= 11 is 5.99. The normalized spacial score (nSPS) is 18.7. The first-order chi connectivity index (χ1) is 9.11. The number of hydrogen-bond acceptors (Lipinski definition) is 5. The first-order valence-electron chi connectivity index (χ1n) is 6.96. The van der Waals surface area contributed by atoms with Crippen LogP contribution in [0.2, 0.25) is 5.28 Å². The van der Waals surface area contributed by atoms with Gasteiger partial charge in [0, 0.05) is 12.6 Å². The topological polar surface area (TPSA) is 51.1 Å². The molecule has 2 saturated carbocycles. The van der Waals surface area contributed by atoms with Crippen LogP contribution in [0, 0.1) is 5.92 Å². The zero-order valence-corrected chi connectivity index (χ0v) is 12.1. The molecule has 0 unspecified atom stereocenters. The summed E-state index contributed by atoms with van der Waals surface area (Å²) in [5.74, 6) is 1.47. The first-order valence-corrected chi connectivity index (χ1v) is 7.34. The van der Waals surface area contributed by atoms with E-state index >= 15 is 0 Å². The minimum absolute atomic E-state index is 0.0316. The molecule has 0 atom stereocenters. The molecule has 0 N–H and O–H groups in total. The van der Waals surface area contributed by atoms with Gasteiger partial charge in [0.2, 0.25) is 11.2 Å². The molecule has 0 aromatic carbocycles. The molecule has 19 heavy (non-hydrogen) atoms. The molecule has 6 heteroatoms. The number of hydrogen-bond donors (Lipinski definition) is 0. The molecule has 2 fully saturated rings. The summed E-state index contributed by atoms with van der Waals surface area (Å²) in [7, 11) is 0. The van der Waals surface area contributed by atoms with E-state index in [2.05, 4.69) is 19.9 Å². The van der Waals surface area contributed by atoms with E-state index in [1.165, 1.54) is 25.7 Å². The molecule has 104 valence electrons. The Bertz CT molecular complexity index is 460. The van der Waals surface area contributed by atoms with Crippen molar-refractivity contribution >= 4 is 17.5 Å². The summed E-state index contributed by atoms with van der Waals surface area (Å²) < 4.78 is 5.53. The van der Waals surface area contributed by atoms with Crippen LogP contribution in [0.15, 0.2) is 0 Å². The van der Waals surface area contributed by atoms with E-state index in [1.807, 2.05) is 13.8 Å². The van der Waals surface area contributed by atoms with E-state index in [4.69, 9.17) is 16.3 Å². The molecule has 0 spiro atoms. The van der Waals surface area contributed by atoms with Gasteiger partial charge in [0.15, 0.2) is 0 Å². The molecule has 1 heterocycles. The number of rotatable bonds is 6. The van der Waals surface area contributed by atoms with E-state index in [9.17, 15) is 0 Å². The largest absolute Gasteiger partial charge is 0.461 e. The van der Waals surface area contributed by atoms with Crippen molar-refractivity contribution in [3.05, 3.63) is 5.28 Å². The standard InChI is InChI=1S/C13H19ClN4O/c1-8(2)19-13-16-11(14)15-12(17-13)18(10-5-6-10)7-9-3-4-9/h8-10H,3-7H2,1-2H3. The van der Waals surface area contributed by atoms with Crippen LogP contribution in [-0.2, 0) is 0 Å². The fourth-order valence-electron chi connectivity index (χ4n) is 2.07. The Kier molecular flexibility index (Phi) is 3.48. The lowest BCUT2D eigenvalue weighted by molar-refractivity contribution is 0.221. The van der Waals surface area contributed by atoms with Crippen LogP contribution in [0.5, 0.6) is 6.01 Å². The van der Waals surface area contributed by atoms with Crippen molar-refractivity contribution in [1.82, 2.24) is 15.0 Å². The van der Waals surface area contributed by atoms with Crippen molar-refractivity contribution < 1.29 is 4.74 Å². The maximum Gasteiger partial charge on any atom is 0.322 e. The molecule has 3 rings (SSSR count). The molecular formula is C13H19ClN4O. The highest BCUT2D eigenvalue weighted by Crippen LogP contribution is 2.36. The molecule has 0 aliphatic heterocycles. The van der Waals surface area contributed by atoms with E-state index in [0.717, 1.165) is 12.5 Å². The van der Waals surface area contributed by atoms with Crippen molar-refractivity contribution in [2.75, 3.05) is 11.4 Å². The lowest BCUT2D eigenvalue weighted by atomic mass is 10.3. The average Bonchev–Trinajstić information content (AvgIpc) is 3.18. The summed E-state index contributed by atoms with van der Waals surface area (Å²) in [6.07, 6.45) is 5.10. The average molecular weight is 283 g/mol. The Morgan fingerprint density at radius 3 is 2.53 bits per heavy atom. The number of anilines is 1. The Morgan fingerprint density at radius 2 is 1.95 bits per heavy atom. The van der Waals surface area contributed by atoms with E-state index in [0.29, 0.717) is 18.0 Å². The fourth-order valence-corrected chi connectivity index (χ4v) is 2.22. The van der Waals surface area contributed by atoms with Gasteiger partial charge in [0.05, 0.1) is 6.10 Å². The minimum atomic E-state index is 0.0316. The molecule has 0 saturated heterocycles. The third-order valence-corrected chi connectivity index (χ3v) is 3.48. The van der Waals surface area contributed by atoms with Crippen LogP contribution in [-0.4, -0.2) is 33.6 Å². The minimum Gasteiger partial charge on any atom is -0.461 e. The highest BCUT2D eigenvalue weighted by atomic mass is 35.5. The quantitative estimate of drug-likeness (QED) is 0.803. The number of halogens is 1. The lowest BCUT2D eigenvalue weighted by Gasteiger charge is -2.22. The second-order valence-electron chi connectivity index (χ2n) is 5.68. The van der Waals surface area contributed by atoms with Gasteiger partial charge >= 0.3 is 6.01 Å². The van der Waals surface area contributed by atoms with Crippen LogP contribution in [0.3, 0.4) is 0 Å². The van der Waals surface area contributed by atoms with E-state index < -0.39 is 0 Å². The summed E-state index contributed by atoms with van der Waals surface area (Å²) in [4.78, 5) is 15.0. The van der Waals surface area contributed by atoms with E-state index in [1.54, 1.807) is 0 Å². The third-order valence-electron chi connectivity index (χ3n) is 3.31. The van der Waals surface area contributed by atoms with Gasteiger partial charge in [-0.1, -0.05) is 0 Å². The van der Waals surface area contributed by atoms with Gasteiger partial charge in [-0.15, -0.1) is 0 Å². The van der Waals surface area contributed by atoms with Crippen molar-refractivity contribution in [3.8, 4) is 6.01 Å². The molecule has 2 aliphatic carbocycles. The number of nitrogens with zero attached hydrogens (tertiary/aromatic N) is 4. The maximum atomic E-state index is 5.99. The Labute approximate surface area is 118 Å². The Balaban J connectivity index is 1.81. The lowest BCUT2D eigenvalue weighted by Crippen LogP contribution is -2.30. The summed E-state index contributed by atoms with van der Waals surface area (Å²) in [6.45, 7) is 4.92. The predicted molar refractivity (Wildman–Crippen MR) is 73.7 cm³/mol. The molecule has 5 nitrogen and oxygen atoms in total. The smallest absolute Gasteiger partial charge is 0.322 e. The predicted octanol–water partition coefficient (Wildman–Crippen LogP) is 2.69. The summed E-state index contributed by atoms with van der Waals surface area (Å²) in [5, 5.41) is 0.210. The first kappa shape index (κ1) is 12.9. The SMILES string of the molecule is CC(C)Oc1nc(Cl)nc(N(CC2CC2)C2CC2)n1. The highest BCUT2D eigenvalue weighted by Gasteiger charge is 2.35. The monoisotopic (exact) mass is 282 g/mol. The van der Waals surface area contributed by atoms with Gasteiger partial charge in [-0.05, 0) is 57.0 Å². The number of ether oxygens (including phenoxy) is 1. The van der Waals surface area contributed by atoms with Gasteiger partial charge < -0.3 is 9.64 Å². The summed E-state index contributed by atoms with van der Waals surface area (Å²) in [5.41, 5.74) is 0. The second kappa shape index (κ2) is 5.12. The van der Waals surface area contributed by atoms with Crippen LogP contribution < -0.4 is 9.64 Å². The fraction of sp³-hybridized carbons (Fsp3) is 0.769. The molecule has 1 aromatic rings. The van der Waals surface area contributed by atoms with E-state index in [-0.39, 0.29) is 11.4 Å². The Morgan fingerprint density at radius 1 is 1.21 bits per heavy atom. The van der Waals surface area contributed by atoms with Gasteiger partial charge in [-0.2, -0.15) is 15.0 Å². The van der Waals surface area contributed by atoms with Gasteiger partial charge in [-0.25, -0.2) is 0 Å². The third kappa shape index (κ3) is 3.47. The molecule has 1 aromatic heterocycles. The number of aromatic nitrogens is 3. The van der Waals surface area contributed by atoms with Crippen molar-refractivity contribution in [2.24, 2.45) is 5.92 Å². The summed E-state index contributed by atoms with van der Waals surface area (Å²) in [6, 6.07) is 0.900. The molecule has 2 aliphatic rings. The van der Waals surface area contributed by atoms with Crippen LogP contribution in [0.1, 0.15) is 39.5 Å². The van der Waals surface area contributed by atoms with Crippen LogP contribution in [0.4, 0.5) is 5.95 Å². The van der Waals surface area contributed by atoms with Gasteiger partial charge in [-0.3, -0.25) is 0 Å². The van der Waals surface area contributed by atoms with Crippen molar-refractivity contribution in [1.29, 1.82) is 0 Å². The molecule has 0 radical (unpaired) electrons. The molecule has 0 amide bonds. The van der Waals surface area contributed by atoms with Crippen LogP contribution in [0.25, 0.3) is 0 Å². The zero-order valence-electron chi connectivity index (χ0n) is 11.3.